The Kier molecular flexibility index (Phi) is 3.49. The van der Waals surface area contributed by atoms with Crippen LogP contribution in [0.3, 0.4) is 0 Å². The van der Waals surface area contributed by atoms with Crippen LogP contribution in [0, 0.1) is 0 Å². The highest BCUT2D eigenvalue weighted by Gasteiger charge is 2.19. The average Bonchev–Trinajstić information content (AvgIpc) is 2.27. The van der Waals surface area contributed by atoms with Crippen LogP contribution in [0.5, 0.6) is 5.75 Å². The highest BCUT2D eigenvalue weighted by molar-refractivity contribution is 5.37. The standard InChI is InChI=1S/C14H21NO/c1-10(2)15-13-6-4-12-9-14(16-3)7-5-11(12)8-13/h5,7,9-10,13,15H,4,6,8H2,1-3H3. The molecule has 0 amide bonds. The van der Waals surface area contributed by atoms with Crippen molar-refractivity contribution in [3.8, 4) is 5.75 Å². The smallest absolute Gasteiger partial charge is 0.119 e. The zero-order valence-corrected chi connectivity index (χ0v) is 10.4. The van der Waals surface area contributed by atoms with E-state index in [9.17, 15) is 0 Å². The van der Waals surface area contributed by atoms with E-state index in [1.807, 2.05) is 0 Å². The second-order valence-electron chi connectivity index (χ2n) is 4.90. The minimum atomic E-state index is 0.574. The number of aryl methyl sites for hydroxylation is 1. The fourth-order valence-electron chi connectivity index (χ4n) is 2.47. The molecule has 0 spiro atoms. The molecule has 0 saturated carbocycles. The first-order chi connectivity index (χ1) is 7.69. The lowest BCUT2D eigenvalue weighted by atomic mass is 9.88. The molecule has 1 N–H and O–H groups in total. The fourth-order valence-corrected chi connectivity index (χ4v) is 2.47. The third kappa shape index (κ3) is 2.56. The Balaban J connectivity index is 2.09. The van der Waals surface area contributed by atoms with E-state index < -0.39 is 0 Å². The van der Waals surface area contributed by atoms with Crippen molar-refractivity contribution < 1.29 is 4.74 Å². The number of fused-ring (bicyclic) bond motifs is 1. The van der Waals surface area contributed by atoms with Gasteiger partial charge in [-0.3, -0.25) is 0 Å². The summed E-state index contributed by atoms with van der Waals surface area (Å²) >= 11 is 0. The lowest BCUT2D eigenvalue weighted by molar-refractivity contribution is 0.406. The van der Waals surface area contributed by atoms with Gasteiger partial charge in [-0.25, -0.2) is 0 Å². The van der Waals surface area contributed by atoms with Gasteiger partial charge < -0.3 is 10.1 Å². The molecule has 1 aromatic rings. The maximum absolute atomic E-state index is 5.26. The van der Waals surface area contributed by atoms with Crippen molar-refractivity contribution in [1.82, 2.24) is 5.32 Å². The predicted octanol–water partition coefficient (Wildman–Crippen LogP) is 2.55. The van der Waals surface area contributed by atoms with Gasteiger partial charge in [-0.1, -0.05) is 19.9 Å². The van der Waals surface area contributed by atoms with Gasteiger partial charge in [-0.2, -0.15) is 0 Å². The highest BCUT2D eigenvalue weighted by Crippen LogP contribution is 2.25. The molecule has 1 aliphatic carbocycles. The Bertz CT molecular complexity index is 360. The molecule has 1 aromatic carbocycles. The van der Waals surface area contributed by atoms with Gasteiger partial charge in [0.05, 0.1) is 7.11 Å². The zero-order chi connectivity index (χ0) is 11.5. The summed E-state index contributed by atoms with van der Waals surface area (Å²) in [6.07, 6.45) is 3.55. The van der Waals surface area contributed by atoms with Crippen LogP contribution in [-0.2, 0) is 12.8 Å². The normalized spacial score (nSPS) is 19.6. The van der Waals surface area contributed by atoms with Crippen LogP contribution in [0.25, 0.3) is 0 Å². The Labute approximate surface area is 98.0 Å². The Hall–Kier alpha value is -1.02. The number of hydrogen-bond donors (Lipinski definition) is 1. The topological polar surface area (TPSA) is 21.3 Å². The summed E-state index contributed by atoms with van der Waals surface area (Å²) in [6, 6.07) is 7.67. The van der Waals surface area contributed by atoms with Gasteiger partial charge in [-0.15, -0.1) is 0 Å². The summed E-state index contributed by atoms with van der Waals surface area (Å²) in [5.74, 6) is 0.981. The van der Waals surface area contributed by atoms with E-state index in [1.165, 1.54) is 17.5 Å². The summed E-state index contributed by atoms with van der Waals surface area (Å²) in [4.78, 5) is 0. The van der Waals surface area contributed by atoms with Crippen molar-refractivity contribution in [2.24, 2.45) is 0 Å². The quantitative estimate of drug-likeness (QED) is 0.843. The largest absolute Gasteiger partial charge is 0.497 e. The van der Waals surface area contributed by atoms with E-state index in [2.05, 4.69) is 37.4 Å². The Morgan fingerprint density at radius 1 is 1.31 bits per heavy atom. The van der Waals surface area contributed by atoms with Gasteiger partial charge in [0.2, 0.25) is 0 Å². The van der Waals surface area contributed by atoms with Crippen molar-refractivity contribution in [1.29, 1.82) is 0 Å². The molecule has 0 bridgehead atoms. The van der Waals surface area contributed by atoms with E-state index in [0.29, 0.717) is 12.1 Å². The molecule has 2 nitrogen and oxygen atoms in total. The molecule has 0 aliphatic heterocycles. The zero-order valence-electron chi connectivity index (χ0n) is 10.4. The molecule has 1 atom stereocenters. The number of methoxy groups -OCH3 is 1. The lowest BCUT2D eigenvalue weighted by Gasteiger charge is -2.27. The second-order valence-corrected chi connectivity index (χ2v) is 4.90. The van der Waals surface area contributed by atoms with Gasteiger partial charge in [0, 0.05) is 12.1 Å². The van der Waals surface area contributed by atoms with E-state index in [1.54, 1.807) is 7.11 Å². The average molecular weight is 219 g/mol. The second kappa shape index (κ2) is 4.88. The van der Waals surface area contributed by atoms with Crippen LogP contribution >= 0.6 is 0 Å². The van der Waals surface area contributed by atoms with E-state index in [4.69, 9.17) is 4.74 Å². The summed E-state index contributed by atoms with van der Waals surface area (Å²) in [5.41, 5.74) is 2.94. The van der Waals surface area contributed by atoms with Gasteiger partial charge in [0.15, 0.2) is 0 Å². The number of hydrogen-bond acceptors (Lipinski definition) is 2. The first-order valence-electron chi connectivity index (χ1n) is 6.11. The molecule has 0 aromatic heterocycles. The van der Waals surface area contributed by atoms with Gasteiger partial charge in [-0.05, 0) is 42.5 Å². The summed E-state index contributed by atoms with van der Waals surface area (Å²) in [5, 5.41) is 3.62. The highest BCUT2D eigenvalue weighted by atomic mass is 16.5. The molecule has 2 heteroatoms. The molecule has 0 heterocycles. The first kappa shape index (κ1) is 11.5. The summed E-state index contributed by atoms with van der Waals surface area (Å²) < 4.78 is 5.26. The number of ether oxygens (including phenoxy) is 1. The lowest BCUT2D eigenvalue weighted by Crippen LogP contribution is -2.38. The number of benzene rings is 1. The van der Waals surface area contributed by atoms with Crippen molar-refractivity contribution in [2.75, 3.05) is 7.11 Å². The molecule has 0 fully saturated rings. The molecular formula is C14H21NO. The molecule has 0 radical (unpaired) electrons. The summed E-state index contributed by atoms with van der Waals surface area (Å²) in [6.45, 7) is 4.42. The number of nitrogens with one attached hydrogen (secondary N) is 1. The van der Waals surface area contributed by atoms with Crippen LogP contribution in [0.15, 0.2) is 18.2 Å². The summed E-state index contributed by atoms with van der Waals surface area (Å²) in [7, 11) is 1.73. The van der Waals surface area contributed by atoms with Crippen LogP contribution in [-0.4, -0.2) is 19.2 Å². The molecular weight excluding hydrogens is 198 g/mol. The molecule has 2 rings (SSSR count). The van der Waals surface area contributed by atoms with E-state index >= 15 is 0 Å². The predicted molar refractivity (Wildman–Crippen MR) is 67.1 cm³/mol. The molecule has 1 unspecified atom stereocenters. The van der Waals surface area contributed by atoms with Gasteiger partial charge in [0.1, 0.15) is 5.75 Å². The number of rotatable bonds is 3. The third-order valence-electron chi connectivity index (χ3n) is 3.21. The van der Waals surface area contributed by atoms with Gasteiger partial charge >= 0.3 is 0 Å². The first-order valence-corrected chi connectivity index (χ1v) is 6.11. The van der Waals surface area contributed by atoms with Gasteiger partial charge in [0.25, 0.3) is 0 Å². The Morgan fingerprint density at radius 2 is 2.12 bits per heavy atom. The van der Waals surface area contributed by atoms with Crippen LogP contribution in [0.4, 0.5) is 0 Å². The van der Waals surface area contributed by atoms with Crippen molar-refractivity contribution in [3.05, 3.63) is 29.3 Å². The Morgan fingerprint density at radius 3 is 2.81 bits per heavy atom. The minimum absolute atomic E-state index is 0.574. The monoisotopic (exact) mass is 219 g/mol. The van der Waals surface area contributed by atoms with E-state index in [0.717, 1.165) is 18.6 Å². The minimum Gasteiger partial charge on any atom is -0.497 e. The SMILES string of the molecule is COc1ccc2c(c1)CCC(NC(C)C)C2. The van der Waals surface area contributed by atoms with Crippen molar-refractivity contribution in [3.63, 3.8) is 0 Å². The fraction of sp³-hybridized carbons (Fsp3) is 0.571. The van der Waals surface area contributed by atoms with Crippen molar-refractivity contribution in [2.45, 2.75) is 45.2 Å². The van der Waals surface area contributed by atoms with E-state index in [-0.39, 0.29) is 0 Å². The van der Waals surface area contributed by atoms with Crippen molar-refractivity contribution >= 4 is 0 Å². The molecule has 1 aliphatic rings. The van der Waals surface area contributed by atoms with Crippen LogP contribution < -0.4 is 10.1 Å². The maximum Gasteiger partial charge on any atom is 0.119 e. The molecule has 0 saturated heterocycles. The molecule has 16 heavy (non-hydrogen) atoms. The van der Waals surface area contributed by atoms with Crippen LogP contribution in [0.2, 0.25) is 0 Å². The maximum atomic E-state index is 5.26. The van der Waals surface area contributed by atoms with Crippen LogP contribution in [0.1, 0.15) is 31.4 Å². The molecule has 88 valence electrons. The third-order valence-corrected chi connectivity index (χ3v) is 3.21.